The van der Waals surface area contributed by atoms with Crippen molar-refractivity contribution in [2.75, 3.05) is 20.6 Å². The van der Waals surface area contributed by atoms with Gasteiger partial charge in [-0.25, -0.2) is 9.80 Å². The van der Waals surface area contributed by atoms with Gasteiger partial charge < -0.3 is 10.0 Å². The molecule has 0 aromatic heterocycles. The Labute approximate surface area is 89.8 Å². The van der Waals surface area contributed by atoms with Crippen molar-refractivity contribution in [3.63, 3.8) is 0 Å². The maximum atomic E-state index is 11.6. The van der Waals surface area contributed by atoms with Crippen LogP contribution in [-0.2, 0) is 4.79 Å². The van der Waals surface area contributed by atoms with Gasteiger partial charge in [-0.15, -0.1) is 0 Å². The first kappa shape index (κ1) is 13.7. The van der Waals surface area contributed by atoms with Crippen LogP contribution in [0.4, 0.5) is 4.79 Å². The highest BCUT2D eigenvalue weighted by Gasteiger charge is 2.20. The maximum Gasteiger partial charge on any atom is 0.332 e. The number of rotatable bonds is 5. The summed E-state index contributed by atoms with van der Waals surface area (Å²) in [6.45, 7) is 4.01. The van der Waals surface area contributed by atoms with Gasteiger partial charge in [-0.05, 0) is 13.8 Å². The van der Waals surface area contributed by atoms with Crippen molar-refractivity contribution in [2.45, 2.75) is 26.3 Å². The summed E-state index contributed by atoms with van der Waals surface area (Å²) in [5.74, 6) is -0.904. The van der Waals surface area contributed by atoms with Crippen molar-refractivity contribution in [3.05, 3.63) is 0 Å². The number of hydrazine groups is 1. The van der Waals surface area contributed by atoms with E-state index in [-0.39, 0.29) is 18.5 Å². The zero-order chi connectivity index (χ0) is 12.0. The Bertz CT molecular complexity index is 231. The molecule has 0 aliphatic rings. The van der Waals surface area contributed by atoms with Gasteiger partial charge in [-0.1, -0.05) is 0 Å². The molecule has 0 fully saturated rings. The lowest BCUT2D eigenvalue weighted by atomic mass is 10.2. The molecular weight excluding hydrogens is 198 g/mol. The third-order valence-electron chi connectivity index (χ3n) is 1.92. The van der Waals surface area contributed by atoms with E-state index in [0.29, 0.717) is 6.54 Å². The van der Waals surface area contributed by atoms with Gasteiger partial charge in [0, 0.05) is 26.7 Å². The fourth-order valence-electron chi connectivity index (χ4n) is 1.27. The van der Waals surface area contributed by atoms with Crippen LogP contribution in [-0.4, -0.2) is 53.7 Å². The summed E-state index contributed by atoms with van der Waals surface area (Å²) in [6, 6.07) is -0.594. The summed E-state index contributed by atoms with van der Waals surface area (Å²) in [7, 11) is 3.40. The molecule has 0 radical (unpaired) electrons. The molecule has 2 N–H and O–H groups in total. The molecule has 0 bridgehead atoms. The highest BCUT2D eigenvalue weighted by Crippen LogP contribution is 2.04. The first-order chi connectivity index (χ1) is 6.88. The summed E-state index contributed by atoms with van der Waals surface area (Å²) in [5, 5.41) is 10.1. The van der Waals surface area contributed by atoms with Crippen molar-refractivity contribution in [2.24, 2.45) is 0 Å². The van der Waals surface area contributed by atoms with Crippen molar-refractivity contribution >= 4 is 12.0 Å². The minimum Gasteiger partial charge on any atom is -0.481 e. The number of carboxylic acids is 1. The van der Waals surface area contributed by atoms with Gasteiger partial charge in [0.25, 0.3) is 0 Å². The number of nitrogens with one attached hydrogen (secondary N) is 1. The van der Waals surface area contributed by atoms with Crippen molar-refractivity contribution in [1.82, 2.24) is 15.3 Å². The topological polar surface area (TPSA) is 72.9 Å². The van der Waals surface area contributed by atoms with Gasteiger partial charge in [0.15, 0.2) is 0 Å². The fourth-order valence-corrected chi connectivity index (χ4v) is 1.27. The van der Waals surface area contributed by atoms with Crippen LogP contribution in [0.1, 0.15) is 20.3 Å². The SMILES string of the molecule is CCN(C(=O)NN(C)C)C(C)CC(=O)O. The van der Waals surface area contributed by atoms with Gasteiger partial charge in [0.05, 0.1) is 6.42 Å². The van der Waals surface area contributed by atoms with Crippen molar-refractivity contribution in [3.8, 4) is 0 Å². The number of urea groups is 1. The van der Waals surface area contributed by atoms with Crippen LogP contribution in [0, 0.1) is 0 Å². The Morgan fingerprint density at radius 3 is 2.27 bits per heavy atom. The number of aliphatic carboxylic acids is 1. The van der Waals surface area contributed by atoms with Crippen LogP contribution in [0.3, 0.4) is 0 Å². The molecule has 6 heteroatoms. The van der Waals surface area contributed by atoms with E-state index in [4.69, 9.17) is 5.11 Å². The van der Waals surface area contributed by atoms with Crippen molar-refractivity contribution in [1.29, 1.82) is 0 Å². The van der Waals surface area contributed by atoms with Crippen LogP contribution in [0.5, 0.6) is 0 Å². The lowest BCUT2D eigenvalue weighted by Gasteiger charge is -2.28. The van der Waals surface area contributed by atoms with Crippen LogP contribution in [0.25, 0.3) is 0 Å². The van der Waals surface area contributed by atoms with E-state index in [1.165, 1.54) is 9.91 Å². The third kappa shape index (κ3) is 5.21. The first-order valence-corrected chi connectivity index (χ1v) is 4.84. The smallest absolute Gasteiger partial charge is 0.332 e. The van der Waals surface area contributed by atoms with Crippen LogP contribution in [0.15, 0.2) is 0 Å². The predicted octanol–water partition coefficient (Wildman–Crippen LogP) is 0.358. The van der Waals surface area contributed by atoms with E-state index >= 15 is 0 Å². The molecule has 1 unspecified atom stereocenters. The number of hydrogen-bond donors (Lipinski definition) is 2. The lowest BCUT2D eigenvalue weighted by molar-refractivity contribution is -0.138. The van der Waals surface area contributed by atoms with E-state index in [1.807, 2.05) is 6.92 Å². The van der Waals surface area contributed by atoms with Crippen LogP contribution < -0.4 is 5.43 Å². The molecule has 0 saturated heterocycles. The van der Waals surface area contributed by atoms with E-state index < -0.39 is 5.97 Å². The molecule has 2 amide bonds. The molecule has 15 heavy (non-hydrogen) atoms. The van der Waals surface area contributed by atoms with Crippen LogP contribution >= 0.6 is 0 Å². The minimum absolute atomic E-state index is 0.0469. The monoisotopic (exact) mass is 217 g/mol. The summed E-state index contributed by atoms with van der Waals surface area (Å²) in [5.41, 5.74) is 2.58. The molecular formula is C9H19N3O3. The number of carboxylic acid groups (broad SMARTS) is 1. The Morgan fingerprint density at radius 1 is 1.40 bits per heavy atom. The van der Waals surface area contributed by atoms with E-state index in [1.54, 1.807) is 21.0 Å². The second-order valence-corrected chi connectivity index (χ2v) is 3.54. The molecule has 0 spiro atoms. The number of nitrogens with zero attached hydrogens (tertiary/aromatic N) is 2. The largest absolute Gasteiger partial charge is 0.481 e. The van der Waals surface area contributed by atoms with Gasteiger partial charge >= 0.3 is 12.0 Å². The number of carbonyl (C=O) groups excluding carboxylic acids is 1. The Hall–Kier alpha value is -1.30. The quantitative estimate of drug-likeness (QED) is 0.652. The minimum atomic E-state index is -0.904. The van der Waals surface area contributed by atoms with Gasteiger partial charge in [0.1, 0.15) is 0 Å². The number of carbonyl (C=O) groups is 2. The average Bonchev–Trinajstić information content (AvgIpc) is 2.01. The molecule has 0 rings (SSSR count). The molecule has 6 nitrogen and oxygen atoms in total. The predicted molar refractivity (Wildman–Crippen MR) is 56.3 cm³/mol. The van der Waals surface area contributed by atoms with E-state index in [2.05, 4.69) is 5.43 Å². The second-order valence-electron chi connectivity index (χ2n) is 3.54. The highest BCUT2D eigenvalue weighted by atomic mass is 16.4. The van der Waals surface area contributed by atoms with Gasteiger partial charge in [0.2, 0.25) is 0 Å². The maximum absolute atomic E-state index is 11.6. The van der Waals surface area contributed by atoms with Gasteiger partial charge in [-0.2, -0.15) is 0 Å². The summed E-state index contributed by atoms with van der Waals surface area (Å²) in [4.78, 5) is 23.6. The molecule has 0 aliphatic heterocycles. The normalized spacial score (nSPS) is 12.3. The summed E-state index contributed by atoms with van der Waals surface area (Å²) in [6.07, 6.45) is -0.0469. The molecule has 88 valence electrons. The van der Waals surface area contributed by atoms with Crippen LogP contribution in [0.2, 0.25) is 0 Å². The number of hydrogen-bond acceptors (Lipinski definition) is 3. The molecule has 0 heterocycles. The van der Waals surface area contributed by atoms with Gasteiger partial charge in [-0.3, -0.25) is 10.2 Å². The molecule has 0 aromatic rings. The summed E-state index contributed by atoms with van der Waals surface area (Å²) < 4.78 is 0. The Kier molecular flexibility index (Phi) is 5.69. The van der Waals surface area contributed by atoms with E-state index in [9.17, 15) is 9.59 Å². The van der Waals surface area contributed by atoms with E-state index in [0.717, 1.165) is 0 Å². The lowest BCUT2D eigenvalue weighted by Crippen LogP contribution is -2.49. The zero-order valence-electron chi connectivity index (χ0n) is 9.65. The Morgan fingerprint density at radius 2 is 1.93 bits per heavy atom. The third-order valence-corrected chi connectivity index (χ3v) is 1.92. The summed E-state index contributed by atoms with van der Waals surface area (Å²) >= 11 is 0. The first-order valence-electron chi connectivity index (χ1n) is 4.84. The standard InChI is InChI=1S/C9H19N3O3/c1-5-12(7(2)6-8(13)14)9(15)10-11(3)4/h7H,5-6H2,1-4H3,(H,10,15)(H,13,14). The molecule has 0 aliphatic carbocycles. The second kappa shape index (κ2) is 6.23. The fraction of sp³-hybridized carbons (Fsp3) is 0.778. The number of amides is 2. The average molecular weight is 217 g/mol. The van der Waals surface area contributed by atoms with Crippen molar-refractivity contribution < 1.29 is 14.7 Å². The molecule has 1 atom stereocenters. The Balaban J connectivity index is 4.33. The zero-order valence-corrected chi connectivity index (χ0v) is 9.65. The molecule has 0 saturated carbocycles. The highest BCUT2D eigenvalue weighted by molar-refractivity contribution is 5.75. The molecule has 0 aromatic carbocycles.